The van der Waals surface area contributed by atoms with E-state index >= 15 is 0 Å². The molecule has 23 heavy (non-hydrogen) atoms. The van der Waals surface area contributed by atoms with E-state index in [-0.39, 0.29) is 0 Å². The Morgan fingerprint density at radius 1 is 1.04 bits per heavy atom. The maximum atomic E-state index is 13.0. The molecule has 3 aliphatic rings. The lowest BCUT2D eigenvalue weighted by Crippen LogP contribution is -2.42. The number of fused-ring (bicyclic) bond motifs is 1. The number of nitrogens with zero attached hydrogens (tertiary/aromatic N) is 2. The fourth-order valence-corrected chi connectivity index (χ4v) is 5.26. The molecule has 126 valence electrons. The van der Waals surface area contributed by atoms with E-state index < -0.39 is 10.0 Å². The van der Waals surface area contributed by atoms with E-state index in [0.717, 1.165) is 37.2 Å². The van der Waals surface area contributed by atoms with Crippen LogP contribution in [0.2, 0.25) is 0 Å². The maximum absolute atomic E-state index is 13.0. The highest BCUT2D eigenvalue weighted by Gasteiger charge is 2.31. The lowest BCUT2D eigenvalue weighted by atomic mass is 9.91. The highest BCUT2D eigenvalue weighted by molar-refractivity contribution is 7.89. The second-order valence-electron chi connectivity index (χ2n) is 6.75. The zero-order valence-electron chi connectivity index (χ0n) is 13.4. The largest absolute Gasteiger partial charge is 0.493 e. The van der Waals surface area contributed by atoms with Gasteiger partial charge in [0.15, 0.2) is 0 Å². The van der Waals surface area contributed by atoms with E-state index in [2.05, 4.69) is 4.90 Å². The van der Waals surface area contributed by atoms with Gasteiger partial charge in [0.25, 0.3) is 0 Å². The first-order chi connectivity index (χ1) is 11.1. The SMILES string of the molecule is O=S(=O)(c1ccc2c(c1)CCO2)N1CCCN(C2CCC2)CC1. The third-order valence-electron chi connectivity index (χ3n) is 5.38. The van der Waals surface area contributed by atoms with Crippen molar-refractivity contribution in [1.29, 1.82) is 0 Å². The van der Waals surface area contributed by atoms with E-state index in [1.54, 1.807) is 22.5 Å². The molecule has 1 aromatic carbocycles. The van der Waals surface area contributed by atoms with Gasteiger partial charge in [-0.15, -0.1) is 0 Å². The summed E-state index contributed by atoms with van der Waals surface area (Å²) in [5.74, 6) is 0.830. The molecule has 2 heterocycles. The molecule has 0 bridgehead atoms. The van der Waals surface area contributed by atoms with Gasteiger partial charge in [0.1, 0.15) is 5.75 Å². The highest BCUT2D eigenvalue weighted by atomic mass is 32.2. The van der Waals surface area contributed by atoms with E-state index in [9.17, 15) is 8.42 Å². The zero-order chi connectivity index (χ0) is 15.9. The standard InChI is InChI=1S/C17H24N2O3S/c20-23(21,16-5-6-17-14(13-16)7-12-22-17)19-9-2-8-18(10-11-19)15-3-1-4-15/h5-6,13,15H,1-4,7-12H2. The Bertz CT molecular complexity index is 685. The van der Waals surface area contributed by atoms with Crippen LogP contribution in [0.1, 0.15) is 31.2 Å². The molecule has 4 rings (SSSR count). The molecule has 1 saturated carbocycles. The first-order valence-corrected chi connectivity index (χ1v) is 10.1. The summed E-state index contributed by atoms with van der Waals surface area (Å²) >= 11 is 0. The monoisotopic (exact) mass is 336 g/mol. The fourth-order valence-electron chi connectivity index (χ4n) is 3.74. The lowest BCUT2D eigenvalue weighted by Gasteiger charge is -2.36. The Kier molecular flexibility index (Phi) is 4.07. The number of hydrogen-bond acceptors (Lipinski definition) is 4. The number of hydrogen-bond donors (Lipinski definition) is 0. The molecule has 1 aliphatic carbocycles. The van der Waals surface area contributed by atoms with Crippen LogP contribution in [0.5, 0.6) is 5.75 Å². The molecule has 0 radical (unpaired) electrons. The Balaban J connectivity index is 1.51. The first-order valence-electron chi connectivity index (χ1n) is 8.64. The molecule has 2 aliphatic heterocycles. The molecule has 2 fully saturated rings. The van der Waals surface area contributed by atoms with Crippen molar-refractivity contribution in [2.75, 3.05) is 32.8 Å². The van der Waals surface area contributed by atoms with Crippen LogP contribution in [-0.2, 0) is 16.4 Å². The van der Waals surface area contributed by atoms with Crippen molar-refractivity contribution in [3.8, 4) is 5.75 Å². The van der Waals surface area contributed by atoms with Crippen LogP contribution >= 0.6 is 0 Å². The second kappa shape index (κ2) is 6.07. The summed E-state index contributed by atoms with van der Waals surface area (Å²) < 4.78 is 33.1. The van der Waals surface area contributed by atoms with Gasteiger partial charge in [0, 0.05) is 32.1 Å². The van der Waals surface area contributed by atoms with Crippen molar-refractivity contribution in [3.63, 3.8) is 0 Å². The van der Waals surface area contributed by atoms with Gasteiger partial charge in [0.2, 0.25) is 10.0 Å². The highest BCUT2D eigenvalue weighted by Crippen LogP contribution is 2.30. The van der Waals surface area contributed by atoms with Gasteiger partial charge in [0.05, 0.1) is 11.5 Å². The number of ether oxygens (including phenoxy) is 1. The quantitative estimate of drug-likeness (QED) is 0.845. The molecular weight excluding hydrogens is 312 g/mol. The molecule has 0 unspecified atom stereocenters. The summed E-state index contributed by atoms with van der Waals surface area (Å²) in [6, 6.07) is 5.98. The van der Waals surface area contributed by atoms with Crippen LogP contribution in [0.15, 0.2) is 23.1 Å². The number of rotatable bonds is 3. The Morgan fingerprint density at radius 2 is 1.91 bits per heavy atom. The third-order valence-corrected chi connectivity index (χ3v) is 7.27. The smallest absolute Gasteiger partial charge is 0.243 e. The predicted molar refractivity (Wildman–Crippen MR) is 88.2 cm³/mol. The molecule has 1 saturated heterocycles. The van der Waals surface area contributed by atoms with Crippen molar-refractivity contribution in [2.24, 2.45) is 0 Å². The average molecular weight is 336 g/mol. The topological polar surface area (TPSA) is 49.9 Å². The van der Waals surface area contributed by atoms with Crippen LogP contribution < -0.4 is 4.74 Å². The molecule has 0 atom stereocenters. The zero-order valence-corrected chi connectivity index (χ0v) is 14.2. The van der Waals surface area contributed by atoms with Gasteiger partial charge in [-0.2, -0.15) is 4.31 Å². The Hall–Kier alpha value is -1.11. The molecule has 6 heteroatoms. The van der Waals surface area contributed by atoms with Crippen molar-refractivity contribution in [3.05, 3.63) is 23.8 Å². The van der Waals surface area contributed by atoms with Gasteiger partial charge >= 0.3 is 0 Å². The van der Waals surface area contributed by atoms with Gasteiger partial charge < -0.3 is 4.74 Å². The minimum atomic E-state index is -3.39. The van der Waals surface area contributed by atoms with Gasteiger partial charge in [-0.3, -0.25) is 4.90 Å². The third kappa shape index (κ3) is 2.88. The van der Waals surface area contributed by atoms with Gasteiger partial charge in [-0.1, -0.05) is 6.42 Å². The van der Waals surface area contributed by atoms with E-state index in [1.807, 2.05) is 0 Å². The molecule has 0 spiro atoms. The number of sulfonamides is 1. The molecule has 0 amide bonds. The van der Waals surface area contributed by atoms with Crippen LogP contribution in [0.25, 0.3) is 0 Å². The summed E-state index contributed by atoms with van der Waals surface area (Å²) in [6.07, 6.45) is 5.59. The Labute approximate surface area is 138 Å². The summed E-state index contributed by atoms with van der Waals surface area (Å²) in [5.41, 5.74) is 1.01. The van der Waals surface area contributed by atoms with Crippen LogP contribution in [0.4, 0.5) is 0 Å². The van der Waals surface area contributed by atoms with Gasteiger partial charge in [-0.05, 0) is 49.6 Å². The molecular formula is C17H24N2O3S. The minimum absolute atomic E-state index is 0.416. The molecule has 5 nitrogen and oxygen atoms in total. The summed E-state index contributed by atoms with van der Waals surface area (Å²) in [4.78, 5) is 2.90. The van der Waals surface area contributed by atoms with Crippen LogP contribution in [0.3, 0.4) is 0 Å². The minimum Gasteiger partial charge on any atom is -0.493 e. The van der Waals surface area contributed by atoms with Crippen LogP contribution in [0, 0.1) is 0 Å². The first kappa shape index (κ1) is 15.4. The van der Waals surface area contributed by atoms with Gasteiger partial charge in [-0.25, -0.2) is 8.42 Å². The summed E-state index contributed by atoms with van der Waals surface area (Å²) in [6.45, 7) is 3.76. The molecule has 0 N–H and O–H groups in total. The molecule has 1 aromatic rings. The van der Waals surface area contributed by atoms with Crippen molar-refractivity contribution in [2.45, 2.75) is 43.0 Å². The summed E-state index contributed by atoms with van der Waals surface area (Å²) in [5, 5.41) is 0. The normalized spacial score (nSPS) is 23.8. The van der Waals surface area contributed by atoms with Crippen molar-refractivity contribution < 1.29 is 13.2 Å². The lowest BCUT2D eigenvalue weighted by molar-refractivity contribution is 0.134. The predicted octanol–water partition coefficient (Wildman–Crippen LogP) is 1.87. The van der Waals surface area contributed by atoms with E-state index in [1.165, 1.54) is 19.3 Å². The Morgan fingerprint density at radius 3 is 2.70 bits per heavy atom. The second-order valence-corrected chi connectivity index (χ2v) is 8.68. The van der Waals surface area contributed by atoms with Crippen molar-refractivity contribution in [1.82, 2.24) is 9.21 Å². The summed E-state index contributed by atoms with van der Waals surface area (Å²) in [7, 11) is -3.39. The maximum Gasteiger partial charge on any atom is 0.243 e. The van der Waals surface area contributed by atoms with E-state index in [0.29, 0.717) is 30.6 Å². The average Bonchev–Trinajstić information content (AvgIpc) is 2.82. The van der Waals surface area contributed by atoms with Crippen molar-refractivity contribution >= 4 is 10.0 Å². The van der Waals surface area contributed by atoms with Crippen LogP contribution in [-0.4, -0.2) is 56.5 Å². The fraction of sp³-hybridized carbons (Fsp3) is 0.647. The number of benzene rings is 1. The van der Waals surface area contributed by atoms with E-state index in [4.69, 9.17) is 4.74 Å². The molecule has 0 aromatic heterocycles.